The molecule has 2 fully saturated rings. The summed E-state index contributed by atoms with van der Waals surface area (Å²) < 4.78 is 0. The van der Waals surface area contributed by atoms with E-state index >= 15 is 0 Å². The minimum atomic E-state index is -0.636. The topological polar surface area (TPSA) is 117 Å². The molecule has 154 valence electrons. The Morgan fingerprint density at radius 3 is 2.54 bits per heavy atom. The molecule has 2 atom stereocenters. The van der Waals surface area contributed by atoms with Gasteiger partial charge in [-0.25, -0.2) is 4.79 Å². The van der Waals surface area contributed by atoms with E-state index in [9.17, 15) is 14.4 Å². The summed E-state index contributed by atoms with van der Waals surface area (Å²) in [5.41, 5.74) is 6.21. The summed E-state index contributed by atoms with van der Waals surface area (Å²) in [6.45, 7) is 2.85. The summed E-state index contributed by atoms with van der Waals surface area (Å²) in [6.07, 6.45) is 3.86. The van der Waals surface area contributed by atoms with E-state index in [1.165, 1.54) is 0 Å². The highest BCUT2D eigenvalue weighted by Crippen LogP contribution is 2.19. The molecule has 8 nitrogen and oxygen atoms in total. The molecule has 28 heavy (non-hydrogen) atoms. The van der Waals surface area contributed by atoms with Gasteiger partial charge in [0.15, 0.2) is 0 Å². The zero-order valence-corrected chi connectivity index (χ0v) is 16.6. The molecule has 3 rings (SSSR count). The number of likely N-dealkylation sites (tertiary alicyclic amines) is 1. The summed E-state index contributed by atoms with van der Waals surface area (Å²) in [6, 6.07) is 5.99. The fourth-order valence-corrected chi connectivity index (χ4v) is 3.71. The van der Waals surface area contributed by atoms with Gasteiger partial charge in [-0.2, -0.15) is 0 Å². The molecule has 2 aliphatic heterocycles. The van der Waals surface area contributed by atoms with Gasteiger partial charge in [0.2, 0.25) is 5.91 Å². The summed E-state index contributed by atoms with van der Waals surface area (Å²) in [5, 5.41) is 8.70. The van der Waals surface area contributed by atoms with Crippen LogP contribution < -0.4 is 21.7 Å². The maximum atomic E-state index is 12.7. The number of benzene rings is 1. The second kappa shape index (κ2) is 10.3. The van der Waals surface area contributed by atoms with Gasteiger partial charge in [0.05, 0.1) is 6.04 Å². The molecule has 1 aromatic carbocycles. The van der Waals surface area contributed by atoms with Gasteiger partial charge in [0, 0.05) is 30.9 Å². The van der Waals surface area contributed by atoms with Crippen molar-refractivity contribution >= 4 is 35.9 Å². The highest BCUT2D eigenvalue weighted by atomic mass is 35.5. The molecule has 0 aromatic heterocycles. The normalized spacial score (nSPS) is 21.5. The van der Waals surface area contributed by atoms with E-state index in [4.69, 9.17) is 5.73 Å². The predicted molar refractivity (Wildman–Crippen MR) is 110 cm³/mol. The monoisotopic (exact) mass is 409 g/mol. The van der Waals surface area contributed by atoms with Gasteiger partial charge in [0.1, 0.15) is 0 Å². The van der Waals surface area contributed by atoms with E-state index in [2.05, 4.69) is 16.0 Å². The van der Waals surface area contributed by atoms with Crippen LogP contribution >= 0.6 is 12.4 Å². The number of urea groups is 1. The number of primary amides is 1. The van der Waals surface area contributed by atoms with Crippen molar-refractivity contribution in [3.63, 3.8) is 0 Å². The fraction of sp³-hybridized carbons (Fsp3) is 0.526. The molecule has 2 unspecified atom stereocenters. The molecule has 0 aliphatic carbocycles. The molecule has 5 N–H and O–H groups in total. The number of nitrogens with one attached hydrogen (secondary N) is 3. The molecule has 2 aliphatic rings. The van der Waals surface area contributed by atoms with E-state index in [-0.39, 0.29) is 36.2 Å². The van der Waals surface area contributed by atoms with E-state index in [0.29, 0.717) is 24.3 Å². The van der Waals surface area contributed by atoms with Gasteiger partial charge in [-0.15, -0.1) is 12.4 Å². The number of piperidine rings is 1. The average molecular weight is 410 g/mol. The lowest BCUT2D eigenvalue weighted by atomic mass is 9.97. The minimum Gasteiger partial charge on any atom is -0.354 e. The molecular formula is C19H28ClN5O3. The van der Waals surface area contributed by atoms with Crippen molar-refractivity contribution in [2.24, 2.45) is 11.7 Å². The Morgan fingerprint density at radius 2 is 1.89 bits per heavy atom. The number of carbonyl (C=O) groups is 3. The molecule has 0 saturated carbocycles. The van der Waals surface area contributed by atoms with Crippen molar-refractivity contribution in [3.8, 4) is 0 Å². The third-order valence-electron chi connectivity index (χ3n) is 5.15. The third-order valence-corrected chi connectivity index (χ3v) is 5.15. The number of carbonyl (C=O) groups excluding carboxylic acids is 3. The summed E-state index contributed by atoms with van der Waals surface area (Å²) in [5.74, 6) is 0.298. The molecule has 1 aromatic rings. The number of anilines is 1. The zero-order valence-electron chi connectivity index (χ0n) is 15.8. The first-order valence-electron chi connectivity index (χ1n) is 9.50. The van der Waals surface area contributed by atoms with Gasteiger partial charge in [-0.3, -0.25) is 9.59 Å². The van der Waals surface area contributed by atoms with Gasteiger partial charge < -0.3 is 26.6 Å². The molecule has 4 amide bonds. The SMILES string of the molecule is Cl.NC(=O)Nc1ccc(C(=O)N2CCCC(CNC(=O)C3CCCN3)C2)cc1. The summed E-state index contributed by atoms with van der Waals surface area (Å²) in [7, 11) is 0. The Balaban J connectivity index is 0.00000280. The Hall–Kier alpha value is -2.32. The molecule has 2 saturated heterocycles. The summed E-state index contributed by atoms with van der Waals surface area (Å²) >= 11 is 0. The maximum Gasteiger partial charge on any atom is 0.316 e. The van der Waals surface area contributed by atoms with Gasteiger partial charge in [0.25, 0.3) is 5.91 Å². The van der Waals surface area contributed by atoms with Crippen LogP contribution in [0, 0.1) is 5.92 Å². The first-order valence-corrected chi connectivity index (χ1v) is 9.50. The largest absolute Gasteiger partial charge is 0.354 e. The van der Waals surface area contributed by atoms with Crippen molar-refractivity contribution in [2.75, 3.05) is 31.5 Å². The second-order valence-electron chi connectivity index (χ2n) is 7.22. The Morgan fingerprint density at radius 1 is 1.14 bits per heavy atom. The second-order valence-corrected chi connectivity index (χ2v) is 7.22. The molecular weight excluding hydrogens is 382 g/mol. The zero-order chi connectivity index (χ0) is 19.2. The number of nitrogens with zero attached hydrogens (tertiary/aromatic N) is 1. The Kier molecular flexibility index (Phi) is 8.07. The summed E-state index contributed by atoms with van der Waals surface area (Å²) in [4.78, 5) is 37.6. The van der Waals surface area contributed by atoms with Crippen molar-refractivity contribution in [3.05, 3.63) is 29.8 Å². The fourth-order valence-electron chi connectivity index (χ4n) is 3.71. The average Bonchev–Trinajstić information content (AvgIpc) is 3.21. The number of hydrogen-bond acceptors (Lipinski definition) is 4. The van der Waals surface area contributed by atoms with E-state index in [0.717, 1.165) is 38.8 Å². The van der Waals surface area contributed by atoms with Crippen molar-refractivity contribution in [2.45, 2.75) is 31.7 Å². The molecule has 0 bridgehead atoms. The van der Waals surface area contributed by atoms with Crippen molar-refractivity contribution < 1.29 is 14.4 Å². The lowest BCUT2D eigenvalue weighted by Crippen LogP contribution is -2.46. The number of rotatable bonds is 5. The van der Waals surface area contributed by atoms with Crippen LogP contribution in [-0.2, 0) is 4.79 Å². The van der Waals surface area contributed by atoms with Crippen LogP contribution in [-0.4, -0.2) is 55.0 Å². The van der Waals surface area contributed by atoms with Gasteiger partial charge in [-0.1, -0.05) is 0 Å². The number of amides is 4. The van der Waals surface area contributed by atoms with Gasteiger partial charge >= 0.3 is 6.03 Å². The first kappa shape index (κ1) is 22.0. The minimum absolute atomic E-state index is 0. The van der Waals surface area contributed by atoms with Crippen molar-refractivity contribution in [1.29, 1.82) is 0 Å². The van der Waals surface area contributed by atoms with Crippen molar-refractivity contribution in [1.82, 2.24) is 15.5 Å². The highest BCUT2D eigenvalue weighted by Gasteiger charge is 2.26. The lowest BCUT2D eigenvalue weighted by molar-refractivity contribution is -0.123. The Bertz CT molecular complexity index is 691. The number of halogens is 1. The Labute approximate surface area is 171 Å². The van der Waals surface area contributed by atoms with E-state index < -0.39 is 6.03 Å². The van der Waals surface area contributed by atoms with Gasteiger partial charge in [-0.05, 0) is 62.4 Å². The number of nitrogens with two attached hydrogens (primary N) is 1. The van der Waals surface area contributed by atoms with Crippen LogP contribution in [0.2, 0.25) is 0 Å². The first-order chi connectivity index (χ1) is 13.0. The van der Waals surface area contributed by atoms with Crippen LogP contribution in [0.4, 0.5) is 10.5 Å². The molecule has 0 radical (unpaired) electrons. The molecule has 0 spiro atoms. The standard InChI is InChI=1S/C19H27N5O3.ClH/c20-19(27)23-15-7-5-14(6-8-15)18(26)24-10-2-3-13(12-24)11-22-17(25)16-4-1-9-21-16;/h5-8,13,16,21H,1-4,9-12H2,(H,22,25)(H3,20,23,27);1H. The molecule has 2 heterocycles. The highest BCUT2D eigenvalue weighted by molar-refractivity contribution is 5.95. The smallest absolute Gasteiger partial charge is 0.316 e. The van der Waals surface area contributed by atoms with Crippen LogP contribution in [0.25, 0.3) is 0 Å². The number of hydrogen-bond donors (Lipinski definition) is 4. The van der Waals surface area contributed by atoms with Crippen LogP contribution in [0.15, 0.2) is 24.3 Å². The molecule has 9 heteroatoms. The third kappa shape index (κ3) is 5.84. The predicted octanol–water partition coefficient (Wildman–Crippen LogP) is 1.32. The quantitative estimate of drug-likeness (QED) is 0.586. The lowest BCUT2D eigenvalue weighted by Gasteiger charge is -2.33. The maximum absolute atomic E-state index is 12.7. The van der Waals surface area contributed by atoms with Crippen LogP contribution in [0.5, 0.6) is 0 Å². The van der Waals surface area contributed by atoms with E-state index in [1.54, 1.807) is 24.3 Å². The van der Waals surface area contributed by atoms with Crippen LogP contribution in [0.3, 0.4) is 0 Å². The van der Waals surface area contributed by atoms with E-state index in [1.807, 2.05) is 4.90 Å². The van der Waals surface area contributed by atoms with Crippen LogP contribution in [0.1, 0.15) is 36.0 Å².